The molecule has 0 aliphatic rings. The molecule has 1 rings (SSSR count). The lowest BCUT2D eigenvalue weighted by atomic mass is 9.90. The average molecular weight is 214 g/mol. The Hall–Kier alpha value is -1.39. The van der Waals surface area contributed by atoms with Crippen LogP contribution < -0.4 is 4.90 Å². The van der Waals surface area contributed by atoms with Gasteiger partial charge in [0.05, 0.1) is 0 Å². The molecule has 0 heterocycles. The predicted molar refractivity (Wildman–Crippen MR) is 58.9 cm³/mol. The number of hydrogen-bond acceptors (Lipinski definition) is 1. The Kier molecular flexibility index (Phi) is 3.45. The van der Waals surface area contributed by atoms with Gasteiger partial charge in [-0.05, 0) is 17.7 Å². The fourth-order valence-corrected chi connectivity index (χ4v) is 1.10. The summed E-state index contributed by atoms with van der Waals surface area (Å²) in [5.41, 5.74) is 1.52. The van der Waals surface area contributed by atoms with Crippen LogP contribution >= 0.6 is 0 Å². The zero-order valence-corrected chi connectivity index (χ0v) is 8.62. The Morgan fingerprint density at radius 2 is 1.60 bits per heavy atom. The maximum atomic E-state index is 11.9. The van der Waals surface area contributed by atoms with E-state index >= 15 is 0 Å². The number of anilines is 1. The number of nitrogens with zero attached hydrogens (tertiary/aromatic N) is 1. The lowest BCUT2D eigenvalue weighted by Crippen LogP contribution is -2.09. The summed E-state index contributed by atoms with van der Waals surface area (Å²) in [4.78, 5) is 1.89. The molecule has 1 aromatic carbocycles. The lowest BCUT2D eigenvalue weighted by Gasteiger charge is -2.12. The van der Waals surface area contributed by atoms with E-state index in [1.165, 1.54) is 0 Å². The molecule has 0 N–H and O–H groups in total. The molecular formula is C10H12BF3N-. The highest BCUT2D eigenvalue weighted by Gasteiger charge is 2.16. The van der Waals surface area contributed by atoms with E-state index in [1.54, 1.807) is 24.3 Å². The monoisotopic (exact) mass is 214 g/mol. The lowest BCUT2D eigenvalue weighted by molar-refractivity contribution is 0.499. The quantitative estimate of drug-likeness (QED) is 0.698. The molecule has 1 nitrogen and oxygen atoms in total. The number of benzene rings is 1. The van der Waals surface area contributed by atoms with Gasteiger partial charge in [-0.3, -0.25) is 0 Å². The summed E-state index contributed by atoms with van der Waals surface area (Å²) < 4.78 is 35.7. The largest absolute Gasteiger partial charge is 0.502 e. The summed E-state index contributed by atoms with van der Waals surface area (Å²) in [5, 5.41) is 0. The van der Waals surface area contributed by atoms with Crippen LogP contribution in [0.5, 0.6) is 0 Å². The fraction of sp³-hybridized carbons (Fsp3) is 0.200. The molecule has 0 bridgehead atoms. The topological polar surface area (TPSA) is 3.24 Å². The van der Waals surface area contributed by atoms with E-state index in [1.807, 2.05) is 19.0 Å². The Morgan fingerprint density at radius 3 is 2.00 bits per heavy atom. The molecule has 0 unspecified atom stereocenters. The van der Waals surface area contributed by atoms with Crippen LogP contribution in [-0.2, 0) is 0 Å². The fourth-order valence-electron chi connectivity index (χ4n) is 1.10. The van der Waals surface area contributed by atoms with Crippen molar-refractivity contribution in [1.82, 2.24) is 0 Å². The molecule has 0 spiro atoms. The van der Waals surface area contributed by atoms with Crippen LogP contribution in [0.1, 0.15) is 5.56 Å². The first-order valence-corrected chi connectivity index (χ1v) is 4.55. The Balaban J connectivity index is 2.77. The van der Waals surface area contributed by atoms with Crippen molar-refractivity contribution in [3.8, 4) is 0 Å². The minimum absolute atomic E-state index is 0.296. The van der Waals surface area contributed by atoms with Crippen molar-refractivity contribution in [2.45, 2.75) is 0 Å². The third-order valence-electron chi connectivity index (χ3n) is 1.92. The number of halogens is 3. The minimum atomic E-state index is -4.84. The molecule has 0 fully saturated rings. The van der Waals surface area contributed by atoms with E-state index in [4.69, 9.17) is 0 Å². The van der Waals surface area contributed by atoms with Crippen LogP contribution in [0.25, 0.3) is 6.08 Å². The smallest absolute Gasteiger partial charge is 0.445 e. The van der Waals surface area contributed by atoms with Crippen LogP contribution in [-0.4, -0.2) is 21.1 Å². The first kappa shape index (κ1) is 11.7. The van der Waals surface area contributed by atoms with Gasteiger partial charge in [0.1, 0.15) is 0 Å². The van der Waals surface area contributed by atoms with Crippen molar-refractivity contribution in [2.24, 2.45) is 0 Å². The molecule has 0 aliphatic heterocycles. The van der Waals surface area contributed by atoms with Gasteiger partial charge in [0.15, 0.2) is 0 Å². The molecular weight excluding hydrogens is 202 g/mol. The van der Waals surface area contributed by atoms with E-state index in [-0.39, 0.29) is 0 Å². The molecule has 5 heteroatoms. The normalized spacial score (nSPS) is 12.1. The highest BCUT2D eigenvalue weighted by Crippen LogP contribution is 2.16. The van der Waals surface area contributed by atoms with Crippen LogP contribution in [0.15, 0.2) is 30.2 Å². The van der Waals surface area contributed by atoms with Gasteiger partial charge in [-0.25, -0.2) is 0 Å². The summed E-state index contributed by atoms with van der Waals surface area (Å²) in [6.07, 6.45) is 1.08. The molecule has 0 saturated carbocycles. The zero-order valence-electron chi connectivity index (χ0n) is 8.62. The highest BCUT2D eigenvalue weighted by atomic mass is 19.4. The van der Waals surface area contributed by atoms with E-state index in [0.717, 1.165) is 11.8 Å². The summed E-state index contributed by atoms with van der Waals surface area (Å²) in [5.74, 6) is 0.296. The van der Waals surface area contributed by atoms with Crippen molar-refractivity contribution in [3.05, 3.63) is 35.8 Å². The molecule has 1 aromatic rings. The van der Waals surface area contributed by atoms with Crippen molar-refractivity contribution in [2.75, 3.05) is 19.0 Å². The second-order valence-corrected chi connectivity index (χ2v) is 3.47. The molecule has 0 radical (unpaired) electrons. The average Bonchev–Trinajstić information content (AvgIpc) is 2.14. The first-order valence-electron chi connectivity index (χ1n) is 4.55. The van der Waals surface area contributed by atoms with E-state index in [9.17, 15) is 12.9 Å². The highest BCUT2D eigenvalue weighted by molar-refractivity contribution is 6.64. The second kappa shape index (κ2) is 4.42. The summed E-state index contributed by atoms with van der Waals surface area (Å²) in [7, 11) is 3.76. The molecule has 0 amide bonds. The predicted octanol–water partition coefficient (Wildman–Crippen LogP) is 3.15. The van der Waals surface area contributed by atoms with E-state index < -0.39 is 6.98 Å². The molecule has 82 valence electrons. The first-order chi connectivity index (χ1) is 6.88. The third kappa shape index (κ3) is 4.10. The third-order valence-corrected chi connectivity index (χ3v) is 1.92. The van der Waals surface area contributed by atoms with Gasteiger partial charge in [0.2, 0.25) is 0 Å². The van der Waals surface area contributed by atoms with E-state index in [2.05, 4.69) is 0 Å². The zero-order chi connectivity index (χ0) is 11.5. The van der Waals surface area contributed by atoms with Gasteiger partial charge >= 0.3 is 6.98 Å². The molecule has 0 atom stereocenters. The van der Waals surface area contributed by atoms with Gasteiger partial charge in [-0.15, -0.1) is 5.98 Å². The van der Waals surface area contributed by atoms with Crippen molar-refractivity contribution < 1.29 is 12.9 Å². The maximum absolute atomic E-state index is 11.9. The summed E-state index contributed by atoms with van der Waals surface area (Å²) in [6.45, 7) is -4.84. The van der Waals surface area contributed by atoms with Gasteiger partial charge in [0.25, 0.3) is 0 Å². The van der Waals surface area contributed by atoms with Gasteiger partial charge in [-0.2, -0.15) is 0 Å². The Labute approximate surface area is 87.3 Å². The van der Waals surface area contributed by atoms with Gasteiger partial charge < -0.3 is 17.8 Å². The van der Waals surface area contributed by atoms with Crippen LogP contribution in [0, 0.1) is 0 Å². The van der Waals surface area contributed by atoms with Crippen molar-refractivity contribution >= 4 is 18.7 Å². The van der Waals surface area contributed by atoms with Crippen LogP contribution in [0.4, 0.5) is 18.6 Å². The number of rotatable bonds is 3. The molecule has 0 aliphatic carbocycles. The van der Waals surface area contributed by atoms with Crippen LogP contribution in [0.2, 0.25) is 0 Å². The standard InChI is InChI=1S/C10H12BF3N/c1-15(2)10-5-3-9(4-6-10)7-8-11(12,13)14/h3-8H,1-2H3/q-1/b8-7+. The molecule has 15 heavy (non-hydrogen) atoms. The van der Waals surface area contributed by atoms with Crippen molar-refractivity contribution in [1.29, 1.82) is 0 Å². The second-order valence-electron chi connectivity index (χ2n) is 3.47. The Morgan fingerprint density at radius 1 is 1.07 bits per heavy atom. The Bertz CT molecular complexity index is 341. The van der Waals surface area contributed by atoms with E-state index in [0.29, 0.717) is 11.5 Å². The van der Waals surface area contributed by atoms with Crippen molar-refractivity contribution in [3.63, 3.8) is 0 Å². The van der Waals surface area contributed by atoms with Crippen LogP contribution in [0.3, 0.4) is 0 Å². The number of hydrogen-bond donors (Lipinski definition) is 0. The minimum Gasteiger partial charge on any atom is -0.445 e. The molecule has 0 saturated heterocycles. The summed E-state index contributed by atoms with van der Waals surface area (Å²) >= 11 is 0. The SMILES string of the molecule is CN(C)c1ccc(/C=C/[B-](F)(F)F)cc1. The molecule has 0 aromatic heterocycles. The van der Waals surface area contributed by atoms with Gasteiger partial charge in [0, 0.05) is 19.8 Å². The summed E-state index contributed by atoms with van der Waals surface area (Å²) in [6, 6.07) is 6.88. The maximum Gasteiger partial charge on any atom is 0.502 e. The van der Waals surface area contributed by atoms with Gasteiger partial charge in [-0.1, -0.05) is 18.2 Å².